The van der Waals surface area contributed by atoms with Gasteiger partial charge in [-0.2, -0.15) is 10.5 Å². The lowest BCUT2D eigenvalue weighted by Gasteiger charge is -2.29. The van der Waals surface area contributed by atoms with Crippen LogP contribution >= 0.6 is 0 Å². The Labute approximate surface area is 148 Å². The number of aromatic nitrogens is 4. The number of allylic oxidation sites excluding steroid dienone is 1. The summed E-state index contributed by atoms with van der Waals surface area (Å²) < 4.78 is 0. The first-order valence-electron chi connectivity index (χ1n) is 7.95. The van der Waals surface area contributed by atoms with E-state index in [9.17, 15) is 15.4 Å². The summed E-state index contributed by atoms with van der Waals surface area (Å²) in [5, 5.41) is 40.2. The number of H-pyrrole nitrogens is 1. The molecule has 0 atom stereocenters. The van der Waals surface area contributed by atoms with Gasteiger partial charge in [0.15, 0.2) is 0 Å². The second-order valence-corrected chi connectivity index (χ2v) is 5.70. The summed E-state index contributed by atoms with van der Waals surface area (Å²) in [6.45, 7) is 4.68. The van der Waals surface area contributed by atoms with Crippen LogP contribution in [0.5, 0.6) is 0 Å². The van der Waals surface area contributed by atoms with Gasteiger partial charge in [0, 0.05) is 44.1 Å². The number of benzene rings is 1. The number of hydrogen-bond acceptors (Lipinski definition) is 9. The Hall–Kier alpha value is -3.52. The first kappa shape index (κ1) is 17.3. The number of nitrogens with one attached hydrogen (secondary N) is 3. The van der Waals surface area contributed by atoms with E-state index in [4.69, 9.17) is 0 Å². The fourth-order valence-corrected chi connectivity index (χ4v) is 2.71. The Morgan fingerprint density at radius 2 is 2.23 bits per heavy atom. The number of nitrogens with zero attached hydrogens (tertiary/aromatic N) is 6. The van der Waals surface area contributed by atoms with Crippen molar-refractivity contribution in [3.8, 4) is 6.07 Å². The van der Waals surface area contributed by atoms with Crippen molar-refractivity contribution in [1.29, 1.82) is 5.26 Å². The molecule has 1 aromatic heterocycles. The highest BCUT2D eigenvalue weighted by Crippen LogP contribution is 2.34. The topological polar surface area (TPSA) is 149 Å². The number of rotatable bonds is 5. The molecule has 0 spiro atoms. The molecule has 0 saturated carbocycles. The number of aryl methyl sites for hydroxylation is 1. The molecule has 3 rings (SSSR count). The van der Waals surface area contributed by atoms with E-state index in [1.165, 1.54) is 12.3 Å². The monoisotopic (exact) mass is 355 g/mol. The second kappa shape index (κ2) is 7.58. The zero-order valence-electron chi connectivity index (χ0n) is 14.1. The number of anilines is 2. The van der Waals surface area contributed by atoms with Gasteiger partial charge in [0.1, 0.15) is 17.3 Å². The molecule has 134 valence electrons. The normalized spacial score (nSPS) is 14.8. The highest BCUT2D eigenvalue weighted by molar-refractivity contribution is 5.77. The molecule has 11 nitrogen and oxygen atoms in total. The molecule has 1 fully saturated rings. The minimum atomic E-state index is -0.371. The van der Waals surface area contributed by atoms with Crippen LogP contribution in [0.25, 0.3) is 5.57 Å². The maximum absolute atomic E-state index is 11.5. The van der Waals surface area contributed by atoms with Gasteiger partial charge in [-0.1, -0.05) is 0 Å². The largest absolute Gasteiger partial charge is 0.363 e. The minimum absolute atomic E-state index is 0.0672. The molecule has 26 heavy (non-hydrogen) atoms. The number of nitro benzene ring substituents is 1. The van der Waals surface area contributed by atoms with E-state index in [1.807, 2.05) is 11.0 Å². The predicted molar refractivity (Wildman–Crippen MR) is 94.3 cm³/mol. The summed E-state index contributed by atoms with van der Waals surface area (Å²) in [4.78, 5) is 13.1. The maximum Gasteiger partial charge on any atom is 0.292 e. The van der Waals surface area contributed by atoms with Crippen molar-refractivity contribution in [2.24, 2.45) is 0 Å². The zero-order valence-corrected chi connectivity index (χ0v) is 14.1. The van der Waals surface area contributed by atoms with E-state index in [0.29, 0.717) is 30.0 Å². The molecule has 0 bridgehead atoms. The Balaban J connectivity index is 1.94. The van der Waals surface area contributed by atoms with Crippen molar-refractivity contribution < 1.29 is 4.92 Å². The summed E-state index contributed by atoms with van der Waals surface area (Å²) in [6, 6.07) is 5.26. The zero-order chi connectivity index (χ0) is 18.5. The molecule has 11 heteroatoms. The van der Waals surface area contributed by atoms with Gasteiger partial charge in [-0.25, -0.2) is 0 Å². The molecular weight excluding hydrogens is 338 g/mol. The van der Waals surface area contributed by atoms with Gasteiger partial charge in [-0.3, -0.25) is 10.1 Å². The second-order valence-electron chi connectivity index (χ2n) is 5.70. The van der Waals surface area contributed by atoms with E-state index in [1.54, 1.807) is 13.0 Å². The number of nitro groups is 1. The average Bonchev–Trinajstić information content (AvgIpc) is 3.18. The van der Waals surface area contributed by atoms with E-state index in [2.05, 4.69) is 31.3 Å². The summed E-state index contributed by atoms with van der Waals surface area (Å²) in [5.74, 6) is 0.168. The molecule has 0 radical (unpaired) electrons. The van der Waals surface area contributed by atoms with Crippen LogP contribution < -0.4 is 15.5 Å². The highest BCUT2D eigenvalue weighted by Gasteiger charge is 2.23. The van der Waals surface area contributed by atoms with E-state index >= 15 is 0 Å². The number of aromatic amines is 1. The van der Waals surface area contributed by atoms with Crippen molar-refractivity contribution in [2.45, 2.75) is 6.92 Å². The van der Waals surface area contributed by atoms with Crippen LogP contribution in [0.4, 0.5) is 17.1 Å². The van der Waals surface area contributed by atoms with Crippen LogP contribution in [0.2, 0.25) is 0 Å². The van der Waals surface area contributed by atoms with Crippen molar-refractivity contribution in [3.63, 3.8) is 0 Å². The van der Waals surface area contributed by atoms with Gasteiger partial charge < -0.3 is 15.5 Å². The Bertz CT molecular complexity index is 864. The Kier molecular flexibility index (Phi) is 5.04. The quantitative estimate of drug-likeness (QED) is 0.402. The number of hydrogen-bond donors (Lipinski definition) is 3. The molecule has 0 aliphatic carbocycles. The van der Waals surface area contributed by atoms with Crippen LogP contribution in [-0.2, 0) is 0 Å². The third-order valence-corrected chi connectivity index (χ3v) is 4.05. The molecule has 1 aromatic carbocycles. The lowest BCUT2D eigenvalue weighted by Crippen LogP contribution is -2.43. The van der Waals surface area contributed by atoms with Crippen LogP contribution in [0.3, 0.4) is 0 Å². The molecule has 1 saturated heterocycles. The SMILES string of the molecule is Cc1cc([N+](=O)[O-])c(N2CCNCC2)cc1NC=C(C#N)c1nn[nH]n1. The third kappa shape index (κ3) is 3.60. The standard InChI is InChI=1S/C15H17N9O2/c1-10-6-14(24(25)26)13(23-4-2-17-3-5-23)7-12(10)18-9-11(8-16)15-19-21-22-20-15/h6-7,9,17-18H,2-5H2,1H3,(H,19,20,21,22). The predicted octanol–water partition coefficient (Wildman–Crippen LogP) is 0.802. The number of tetrazole rings is 1. The molecule has 1 aliphatic heterocycles. The number of piperazine rings is 1. The Morgan fingerprint density at radius 1 is 1.46 bits per heavy atom. The molecule has 0 unspecified atom stereocenters. The summed E-state index contributed by atoms with van der Waals surface area (Å²) in [7, 11) is 0. The van der Waals surface area contributed by atoms with Crippen LogP contribution in [-0.4, -0.2) is 51.7 Å². The number of nitriles is 1. The molecule has 2 aromatic rings. The summed E-state index contributed by atoms with van der Waals surface area (Å²) >= 11 is 0. The van der Waals surface area contributed by atoms with E-state index in [0.717, 1.165) is 13.1 Å². The molecular formula is C15H17N9O2. The van der Waals surface area contributed by atoms with Gasteiger partial charge in [0.2, 0.25) is 5.82 Å². The summed E-state index contributed by atoms with van der Waals surface area (Å²) in [6.07, 6.45) is 1.46. The molecule has 0 amide bonds. The maximum atomic E-state index is 11.5. The smallest absolute Gasteiger partial charge is 0.292 e. The fourth-order valence-electron chi connectivity index (χ4n) is 2.71. The van der Waals surface area contributed by atoms with Gasteiger partial charge in [0.05, 0.1) is 4.92 Å². The van der Waals surface area contributed by atoms with E-state index in [-0.39, 0.29) is 22.0 Å². The fraction of sp³-hybridized carbons (Fsp3) is 0.333. The van der Waals surface area contributed by atoms with Gasteiger partial charge in [-0.05, 0) is 23.8 Å². The first-order chi connectivity index (χ1) is 12.6. The highest BCUT2D eigenvalue weighted by atomic mass is 16.6. The van der Waals surface area contributed by atoms with Crippen molar-refractivity contribution in [2.75, 3.05) is 36.4 Å². The molecule has 3 N–H and O–H groups in total. The lowest BCUT2D eigenvalue weighted by molar-refractivity contribution is -0.384. The van der Waals surface area contributed by atoms with Crippen LogP contribution in [0.1, 0.15) is 11.4 Å². The summed E-state index contributed by atoms with van der Waals surface area (Å²) in [5.41, 5.74) is 2.17. The molecule has 2 heterocycles. The van der Waals surface area contributed by atoms with Crippen LogP contribution in [0.15, 0.2) is 18.3 Å². The third-order valence-electron chi connectivity index (χ3n) is 4.05. The molecule has 1 aliphatic rings. The van der Waals surface area contributed by atoms with Crippen molar-refractivity contribution in [3.05, 3.63) is 39.8 Å². The van der Waals surface area contributed by atoms with Crippen LogP contribution in [0, 0.1) is 28.4 Å². The van der Waals surface area contributed by atoms with Gasteiger partial charge in [0.25, 0.3) is 5.69 Å². The first-order valence-corrected chi connectivity index (χ1v) is 7.95. The average molecular weight is 355 g/mol. The van der Waals surface area contributed by atoms with Crippen molar-refractivity contribution >= 4 is 22.6 Å². The minimum Gasteiger partial charge on any atom is -0.363 e. The Morgan fingerprint density at radius 3 is 2.85 bits per heavy atom. The van der Waals surface area contributed by atoms with Gasteiger partial charge in [-0.15, -0.1) is 10.2 Å². The lowest BCUT2D eigenvalue weighted by atomic mass is 10.1. The van der Waals surface area contributed by atoms with Crippen molar-refractivity contribution in [1.82, 2.24) is 25.9 Å². The van der Waals surface area contributed by atoms with E-state index < -0.39 is 0 Å². The van der Waals surface area contributed by atoms with Gasteiger partial charge >= 0.3 is 0 Å².